The maximum Gasteiger partial charge on any atom is 0.348 e. The van der Waals surface area contributed by atoms with E-state index in [1.54, 1.807) is 27.7 Å². The van der Waals surface area contributed by atoms with E-state index in [1.165, 1.54) is 6.92 Å². The third kappa shape index (κ3) is 10.5. The van der Waals surface area contributed by atoms with Crippen LogP contribution < -0.4 is 11.1 Å². The minimum absolute atomic E-state index is 0.0424. The molecule has 1 amide bonds. The van der Waals surface area contributed by atoms with Crippen molar-refractivity contribution in [2.75, 3.05) is 0 Å². The van der Waals surface area contributed by atoms with Crippen LogP contribution in [0.2, 0.25) is 0 Å². The quantitative estimate of drug-likeness (QED) is 0.317. The van der Waals surface area contributed by atoms with E-state index in [1.807, 2.05) is 44.2 Å². The van der Waals surface area contributed by atoms with Gasteiger partial charge >= 0.3 is 17.9 Å². The molecule has 0 aliphatic carbocycles. The zero-order chi connectivity index (χ0) is 26.7. The first kappa shape index (κ1) is 30.1. The van der Waals surface area contributed by atoms with E-state index in [2.05, 4.69) is 5.32 Å². The smallest absolute Gasteiger partial charge is 0.348 e. The SMILES string of the molecule is CC(C)C[C@@H](OC(=O)[C@@H](N)C(C)C)C(=O)N[C@H](C)C(=O)O[C@H](C(=O)OCc1ccccc1)C(C)C. The average molecular weight is 493 g/mol. The summed E-state index contributed by atoms with van der Waals surface area (Å²) in [5.74, 6) is -3.27. The first-order valence-electron chi connectivity index (χ1n) is 12.0. The second kappa shape index (κ2) is 14.5. The second-order valence-corrected chi connectivity index (χ2v) is 9.75. The number of benzene rings is 1. The van der Waals surface area contributed by atoms with Gasteiger partial charge in [0.2, 0.25) is 6.10 Å². The van der Waals surface area contributed by atoms with Crippen LogP contribution in [0.15, 0.2) is 30.3 Å². The maximum absolute atomic E-state index is 12.8. The maximum atomic E-state index is 12.8. The van der Waals surface area contributed by atoms with Gasteiger partial charge in [-0.1, -0.05) is 71.9 Å². The zero-order valence-electron chi connectivity index (χ0n) is 21.8. The fraction of sp³-hybridized carbons (Fsp3) is 0.615. The number of amides is 1. The molecule has 3 N–H and O–H groups in total. The number of rotatable bonds is 13. The van der Waals surface area contributed by atoms with Crippen molar-refractivity contribution in [2.24, 2.45) is 23.5 Å². The van der Waals surface area contributed by atoms with Crippen LogP contribution in [0.4, 0.5) is 0 Å². The molecule has 0 heterocycles. The predicted octanol–water partition coefficient (Wildman–Crippen LogP) is 2.74. The molecule has 4 atom stereocenters. The Bertz CT molecular complexity index is 839. The average Bonchev–Trinajstić information content (AvgIpc) is 2.79. The van der Waals surface area contributed by atoms with Crippen molar-refractivity contribution in [1.29, 1.82) is 0 Å². The molecule has 1 aromatic carbocycles. The Labute approximate surface area is 208 Å². The monoisotopic (exact) mass is 492 g/mol. The Hall–Kier alpha value is -2.94. The molecule has 0 spiro atoms. The highest BCUT2D eigenvalue weighted by molar-refractivity contribution is 5.89. The van der Waals surface area contributed by atoms with Gasteiger partial charge in [-0.05, 0) is 30.7 Å². The highest BCUT2D eigenvalue weighted by atomic mass is 16.6. The van der Waals surface area contributed by atoms with Crippen LogP contribution in [0.3, 0.4) is 0 Å². The lowest BCUT2D eigenvalue weighted by Gasteiger charge is -2.25. The van der Waals surface area contributed by atoms with Crippen molar-refractivity contribution in [3.05, 3.63) is 35.9 Å². The lowest BCUT2D eigenvalue weighted by molar-refractivity contribution is -0.173. The van der Waals surface area contributed by atoms with E-state index >= 15 is 0 Å². The van der Waals surface area contributed by atoms with Crippen LogP contribution >= 0.6 is 0 Å². The summed E-state index contributed by atoms with van der Waals surface area (Å²) >= 11 is 0. The van der Waals surface area contributed by atoms with Crippen LogP contribution in [-0.2, 0) is 40.0 Å². The molecule has 0 bridgehead atoms. The molecule has 0 saturated carbocycles. The summed E-state index contributed by atoms with van der Waals surface area (Å²) in [6.45, 7) is 12.2. The van der Waals surface area contributed by atoms with Gasteiger partial charge in [-0.25, -0.2) is 9.59 Å². The first-order valence-corrected chi connectivity index (χ1v) is 12.0. The molecule has 0 aromatic heterocycles. The fourth-order valence-electron chi connectivity index (χ4n) is 2.99. The molecule has 0 aliphatic rings. The minimum Gasteiger partial charge on any atom is -0.458 e. The van der Waals surface area contributed by atoms with Gasteiger partial charge in [0.15, 0.2) is 6.10 Å². The van der Waals surface area contributed by atoms with Gasteiger partial charge < -0.3 is 25.3 Å². The van der Waals surface area contributed by atoms with E-state index in [9.17, 15) is 19.2 Å². The summed E-state index contributed by atoms with van der Waals surface area (Å²) in [6, 6.07) is 7.18. The highest BCUT2D eigenvalue weighted by Gasteiger charge is 2.33. The van der Waals surface area contributed by atoms with Gasteiger partial charge in [0.05, 0.1) is 0 Å². The van der Waals surface area contributed by atoms with Gasteiger partial charge in [-0.2, -0.15) is 0 Å². The van der Waals surface area contributed by atoms with Crippen LogP contribution in [0.1, 0.15) is 60.5 Å². The van der Waals surface area contributed by atoms with Gasteiger partial charge in [0, 0.05) is 5.92 Å². The summed E-state index contributed by atoms with van der Waals surface area (Å²) in [4.78, 5) is 50.3. The Kier molecular flexibility index (Phi) is 12.4. The van der Waals surface area contributed by atoms with Crippen LogP contribution in [0, 0.1) is 17.8 Å². The van der Waals surface area contributed by atoms with Crippen molar-refractivity contribution >= 4 is 23.8 Å². The van der Waals surface area contributed by atoms with E-state index in [-0.39, 0.29) is 30.8 Å². The molecule has 196 valence electrons. The summed E-state index contributed by atoms with van der Waals surface area (Å²) in [5, 5.41) is 2.52. The number of hydrogen-bond donors (Lipinski definition) is 2. The van der Waals surface area contributed by atoms with E-state index in [0.717, 1.165) is 5.56 Å². The number of hydrogen-bond acceptors (Lipinski definition) is 8. The molecular weight excluding hydrogens is 452 g/mol. The topological polar surface area (TPSA) is 134 Å². The van der Waals surface area contributed by atoms with Gasteiger partial charge in [0.25, 0.3) is 5.91 Å². The van der Waals surface area contributed by atoms with Crippen molar-refractivity contribution < 1.29 is 33.4 Å². The summed E-state index contributed by atoms with van der Waals surface area (Å²) < 4.78 is 16.0. The van der Waals surface area contributed by atoms with Gasteiger partial charge in [-0.15, -0.1) is 0 Å². The second-order valence-electron chi connectivity index (χ2n) is 9.75. The van der Waals surface area contributed by atoms with Crippen molar-refractivity contribution in [3.8, 4) is 0 Å². The Morgan fingerprint density at radius 1 is 0.829 bits per heavy atom. The molecule has 1 aromatic rings. The van der Waals surface area contributed by atoms with Crippen LogP contribution in [0.25, 0.3) is 0 Å². The molecule has 9 heteroatoms. The minimum atomic E-state index is -1.14. The number of esters is 3. The van der Waals surface area contributed by atoms with Crippen molar-refractivity contribution in [3.63, 3.8) is 0 Å². The van der Waals surface area contributed by atoms with E-state index in [0.29, 0.717) is 0 Å². The van der Waals surface area contributed by atoms with Crippen LogP contribution in [-0.4, -0.2) is 48.1 Å². The lowest BCUT2D eigenvalue weighted by Crippen LogP contribution is -2.49. The van der Waals surface area contributed by atoms with Gasteiger partial charge in [-0.3, -0.25) is 9.59 Å². The summed E-state index contributed by atoms with van der Waals surface area (Å²) in [6.07, 6.45) is -2.00. The normalized spacial score (nSPS) is 14.7. The number of ether oxygens (including phenoxy) is 3. The molecule has 35 heavy (non-hydrogen) atoms. The predicted molar refractivity (Wildman–Crippen MR) is 131 cm³/mol. The molecule has 0 saturated heterocycles. The summed E-state index contributed by atoms with van der Waals surface area (Å²) in [7, 11) is 0. The highest BCUT2D eigenvalue weighted by Crippen LogP contribution is 2.14. The standard InChI is InChI=1S/C26H40N2O7/c1-15(2)13-20(34-25(31)21(27)16(3)4)23(29)28-18(7)24(30)35-22(17(5)6)26(32)33-14-19-11-9-8-10-12-19/h8-12,15-18,20-22H,13-14,27H2,1-7H3,(H,28,29)/t18-,20-,21+,22+/m1/s1. The Balaban J connectivity index is 2.76. The fourth-order valence-corrected chi connectivity index (χ4v) is 2.99. The van der Waals surface area contributed by atoms with E-state index in [4.69, 9.17) is 19.9 Å². The van der Waals surface area contributed by atoms with Crippen LogP contribution in [0.5, 0.6) is 0 Å². The molecular formula is C26H40N2O7. The molecule has 1 rings (SSSR count). The molecule has 0 unspecified atom stereocenters. The third-order valence-corrected chi connectivity index (χ3v) is 5.24. The zero-order valence-corrected chi connectivity index (χ0v) is 21.8. The Morgan fingerprint density at radius 3 is 1.94 bits per heavy atom. The molecule has 0 aliphatic heterocycles. The number of carbonyl (C=O) groups is 4. The van der Waals surface area contributed by atoms with Gasteiger partial charge in [0.1, 0.15) is 18.7 Å². The first-order chi connectivity index (χ1) is 16.3. The van der Waals surface area contributed by atoms with Crippen molar-refractivity contribution in [2.45, 2.75) is 85.8 Å². The summed E-state index contributed by atoms with van der Waals surface area (Å²) in [5.41, 5.74) is 6.64. The van der Waals surface area contributed by atoms with E-state index < -0.39 is 48.1 Å². The number of nitrogens with one attached hydrogen (secondary N) is 1. The Morgan fingerprint density at radius 2 is 1.43 bits per heavy atom. The number of nitrogens with two attached hydrogens (primary N) is 1. The number of carbonyl (C=O) groups excluding carboxylic acids is 4. The largest absolute Gasteiger partial charge is 0.458 e. The third-order valence-electron chi connectivity index (χ3n) is 5.24. The lowest BCUT2D eigenvalue weighted by atomic mass is 10.0. The molecule has 0 radical (unpaired) electrons. The molecule has 9 nitrogen and oxygen atoms in total. The van der Waals surface area contributed by atoms with Crippen molar-refractivity contribution in [1.82, 2.24) is 5.32 Å². The molecule has 0 fully saturated rings.